The number of halogens is 3. The summed E-state index contributed by atoms with van der Waals surface area (Å²) in [4.78, 5) is 30.0. The first-order valence-electron chi connectivity index (χ1n) is 14.1. The number of carbonyl (C=O) groups excluding carboxylic acids is 2. The highest BCUT2D eigenvalue weighted by molar-refractivity contribution is 5.92. The number of nitrogens with zero attached hydrogens (tertiary/aromatic N) is 2. The number of aromatic hydroxyl groups is 1. The summed E-state index contributed by atoms with van der Waals surface area (Å²) in [6.45, 7) is 6.67. The fourth-order valence-electron chi connectivity index (χ4n) is 8.05. The normalized spacial score (nSPS) is 29.5. The molecule has 6 rings (SSSR count). The van der Waals surface area contributed by atoms with Gasteiger partial charge in [0.2, 0.25) is 5.91 Å². The van der Waals surface area contributed by atoms with Gasteiger partial charge in [-0.3, -0.25) is 14.5 Å². The second-order valence-corrected chi connectivity index (χ2v) is 11.7. The van der Waals surface area contributed by atoms with E-state index in [1.807, 2.05) is 12.1 Å². The fourth-order valence-corrected chi connectivity index (χ4v) is 8.05. The third kappa shape index (κ3) is 4.06. The van der Waals surface area contributed by atoms with Crippen molar-refractivity contribution in [1.29, 1.82) is 0 Å². The van der Waals surface area contributed by atoms with E-state index >= 15 is 0 Å². The number of alkyl halides is 3. The first-order valence-corrected chi connectivity index (χ1v) is 14.1. The molecule has 1 N–H and O–H groups in total. The predicted molar refractivity (Wildman–Crippen MR) is 149 cm³/mol. The lowest BCUT2D eigenvalue weighted by Crippen LogP contribution is -2.79. The Balaban J connectivity index is 1.37. The summed E-state index contributed by atoms with van der Waals surface area (Å²) in [5, 5.41) is 10.9. The van der Waals surface area contributed by atoms with Crippen molar-refractivity contribution < 1.29 is 37.3 Å². The Hall–Kier alpha value is -3.79. The van der Waals surface area contributed by atoms with Gasteiger partial charge in [0.05, 0.1) is 23.1 Å². The van der Waals surface area contributed by atoms with Gasteiger partial charge in [-0.2, -0.15) is 13.2 Å². The predicted octanol–water partition coefficient (Wildman–Crippen LogP) is 4.86. The van der Waals surface area contributed by atoms with Gasteiger partial charge >= 0.3 is 12.1 Å². The minimum absolute atomic E-state index is 0.0103. The maximum Gasteiger partial charge on any atom is 0.416 e. The number of piperidine rings is 1. The van der Waals surface area contributed by atoms with E-state index in [1.54, 1.807) is 18.0 Å². The van der Waals surface area contributed by atoms with Crippen LogP contribution in [-0.2, 0) is 32.3 Å². The molecule has 1 saturated carbocycles. The molecule has 42 heavy (non-hydrogen) atoms. The van der Waals surface area contributed by atoms with E-state index in [0.717, 1.165) is 23.3 Å². The molecule has 2 fully saturated rings. The average Bonchev–Trinajstić information content (AvgIpc) is 3.29. The topological polar surface area (TPSA) is 79.3 Å². The van der Waals surface area contributed by atoms with E-state index in [9.17, 15) is 27.9 Å². The Morgan fingerprint density at radius 2 is 1.95 bits per heavy atom. The summed E-state index contributed by atoms with van der Waals surface area (Å²) in [5.41, 5.74) is -0.0985. The molecule has 0 unspecified atom stereocenters. The quantitative estimate of drug-likeness (QED) is 0.298. The third-order valence-electron chi connectivity index (χ3n) is 9.69. The maximum atomic E-state index is 13.4. The maximum absolute atomic E-state index is 13.4. The fraction of sp³-hybridized carbons (Fsp3) is 0.438. The van der Waals surface area contributed by atoms with Crippen LogP contribution in [0, 0.1) is 0 Å². The van der Waals surface area contributed by atoms with Gasteiger partial charge < -0.3 is 19.5 Å². The van der Waals surface area contributed by atoms with Gasteiger partial charge in [-0.1, -0.05) is 24.3 Å². The van der Waals surface area contributed by atoms with Crippen LogP contribution < -0.4 is 4.74 Å². The molecule has 0 aromatic heterocycles. The molecule has 5 atom stereocenters. The van der Waals surface area contributed by atoms with Gasteiger partial charge in [-0.15, -0.1) is 6.58 Å². The molecule has 1 saturated heterocycles. The van der Waals surface area contributed by atoms with Crippen molar-refractivity contribution in [2.24, 2.45) is 0 Å². The summed E-state index contributed by atoms with van der Waals surface area (Å²) >= 11 is 0. The van der Waals surface area contributed by atoms with Gasteiger partial charge in [0, 0.05) is 38.7 Å². The minimum Gasteiger partial charge on any atom is -0.504 e. The number of benzene rings is 2. The van der Waals surface area contributed by atoms with E-state index in [-0.39, 0.29) is 17.7 Å². The van der Waals surface area contributed by atoms with Gasteiger partial charge in [0.15, 0.2) is 11.5 Å². The van der Waals surface area contributed by atoms with Crippen molar-refractivity contribution in [1.82, 2.24) is 9.80 Å². The van der Waals surface area contributed by atoms with Crippen molar-refractivity contribution in [3.05, 3.63) is 77.4 Å². The van der Waals surface area contributed by atoms with E-state index in [2.05, 4.69) is 11.5 Å². The third-order valence-corrected chi connectivity index (χ3v) is 9.69. The number of likely N-dealkylation sites (N-methyl/N-ethyl adjacent to an activating group) is 1. The molecule has 10 heteroatoms. The summed E-state index contributed by atoms with van der Waals surface area (Å²) in [5.74, 6) is -0.330. The molecule has 0 radical (unpaired) electrons. The van der Waals surface area contributed by atoms with E-state index in [4.69, 9.17) is 9.47 Å². The summed E-state index contributed by atoms with van der Waals surface area (Å²) < 4.78 is 51.8. The number of carbonyl (C=O) groups is 2. The number of ether oxygens (including phenoxy) is 2. The number of hydrogen-bond acceptors (Lipinski definition) is 6. The van der Waals surface area contributed by atoms with Crippen LogP contribution in [-0.4, -0.2) is 70.7 Å². The largest absolute Gasteiger partial charge is 0.504 e. The second-order valence-electron chi connectivity index (χ2n) is 11.7. The Kier molecular flexibility index (Phi) is 6.68. The summed E-state index contributed by atoms with van der Waals surface area (Å²) in [7, 11) is 1.68. The van der Waals surface area contributed by atoms with Crippen LogP contribution >= 0.6 is 0 Å². The summed E-state index contributed by atoms with van der Waals surface area (Å²) in [6, 6.07) is 7.59. The number of amides is 1. The van der Waals surface area contributed by atoms with E-state index in [0.29, 0.717) is 50.1 Å². The zero-order chi connectivity index (χ0) is 30.0. The second kappa shape index (κ2) is 9.90. The van der Waals surface area contributed by atoms with Crippen LogP contribution in [0.5, 0.6) is 11.5 Å². The summed E-state index contributed by atoms with van der Waals surface area (Å²) in [6.07, 6.45) is 1.85. The molecule has 2 bridgehead atoms. The van der Waals surface area contributed by atoms with Crippen LogP contribution in [0.3, 0.4) is 0 Å². The van der Waals surface area contributed by atoms with Crippen LogP contribution in [0.25, 0.3) is 6.08 Å². The van der Waals surface area contributed by atoms with Crippen LogP contribution in [0.4, 0.5) is 13.2 Å². The Labute approximate surface area is 242 Å². The van der Waals surface area contributed by atoms with Crippen molar-refractivity contribution >= 4 is 18.0 Å². The molecule has 2 aliphatic heterocycles. The van der Waals surface area contributed by atoms with Crippen molar-refractivity contribution in [2.75, 3.05) is 20.1 Å². The van der Waals surface area contributed by atoms with Gasteiger partial charge in [-0.25, -0.2) is 0 Å². The molecule has 4 aliphatic rings. The molecule has 2 aromatic rings. The lowest BCUT2D eigenvalue weighted by Gasteiger charge is -2.65. The van der Waals surface area contributed by atoms with Gasteiger partial charge in [0.25, 0.3) is 0 Å². The number of likely N-dealkylation sites (tertiary alicyclic amines) is 1. The van der Waals surface area contributed by atoms with Gasteiger partial charge in [-0.05, 0) is 61.1 Å². The monoisotopic (exact) mass is 582 g/mol. The Morgan fingerprint density at radius 1 is 1.21 bits per heavy atom. The molecule has 1 amide bonds. The van der Waals surface area contributed by atoms with Crippen LogP contribution in [0.15, 0.2) is 55.1 Å². The molecular formula is C32H33F3N2O5. The van der Waals surface area contributed by atoms with Gasteiger partial charge in [0.1, 0.15) is 11.7 Å². The smallest absolute Gasteiger partial charge is 0.416 e. The van der Waals surface area contributed by atoms with Crippen molar-refractivity contribution in [3.63, 3.8) is 0 Å². The lowest BCUT2D eigenvalue weighted by molar-refractivity contribution is -0.222. The zero-order valence-electron chi connectivity index (χ0n) is 23.5. The molecule has 2 aromatic carbocycles. The highest BCUT2D eigenvalue weighted by Gasteiger charge is 2.75. The van der Waals surface area contributed by atoms with Crippen molar-refractivity contribution in [2.45, 2.75) is 68.0 Å². The molecule has 1 spiro atoms. The molecular weight excluding hydrogens is 549 g/mol. The van der Waals surface area contributed by atoms with Crippen LogP contribution in [0.1, 0.15) is 48.4 Å². The number of rotatable bonds is 6. The Bertz CT molecular complexity index is 1470. The van der Waals surface area contributed by atoms with Crippen molar-refractivity contribution in [3.8, 4) is 11.5 Å². The van der Waals surface area contributed by atoms with E-state index in [1.165, 1.54) is 31.2 Å². The number of phenolic OH excluding ortho intramolecular Hbond substituents is 1. The first-order chi connectivity index (χ1) is 19.9. The molecule has 7 nitrogen and oxygen atoms in total. The minimum atomic E-state index is -4.44. The molecule has 2 heterocycles. The number of hydrogen-bond donors (Lipinski definition) is 1. The lowest BCUT2D eigenvalue weighted by atomic mass is 9.48. The SMILES string of the molecule is C=CCN1CC[C@]23c4c5ccc(O)c4O[C@H]2[C@H](N(C)C(=O)C=Cc2ccc(C(F)(F)F)cc2)CC[C@@]3(OC(C)=O)[C@H]1C5. The molecule has 2 aliphatic carbocycles. The standard InChI is InChI=1S/C32H33F3N2O5/c1-4-16-37-17-15-30-27-21-8-11-24(39)28(27)41-29(30)23(13-14-31(30,25(37)18-21)42-19(2)38)36(3)26(40)12-7-20-5-9-22(10-6-20)32(33,34)35/h4-12,23,25,29,39H,1,13-18H2,2-3H3/t23-,25-,29+,30+,31-/m1/s1. The highest BCUT2D eigenvalue weighted by atomic mass is 19.4. The number of phenols is 1. The highest BCUT2D eigenvalue weighted by Crippen LogP contribution is 2.67. The number of esters is 1. The molecule has 222 valence electrons. The van der Waals surface area contributed by atoms with Crippen LogP contribution in [0.2, 0.25) is 0 Å². The average molecular weight is 583 g/mol. The zero-order valence-corrected chi connectivity index (χ0v) is 23.5. The first kappa shape index (κ1) is 28.3. The Morgan fingerprint density at radius 3 is 2.62 bits per heavy atom. The van der Waals surface area contributed by atoms with E-state index < -0.39 is 40.9 Å².